The molecule has 2 N–H and O–H groups in total. The molecule has 1 aliphatic heterocycles. The SMILES string of the molecule is C1=C(N(Cc2ccccc2)c2nnc(-c3cccnc3NCc3ccco3)[nH]2)OCO1. The van der Waals surface area contributed by atoms with Crippen molar-refractivity contribution >= 4 is 11.8 Å². The molecule has 9 nitrogen and oxygen atoms in total. The van der Waals surface area contributed by atoms with Gasteiger partial charge in [-0.3, -0.25) is 4.90 Å². The van der Waals surface area contributed by atoms with Crippen LogP contribution in [0.25, 0.3) is 11.4 Å². The molecule has 31 heavy (non-hydrogen) atoms. The van der Waals surface area contributed by atoms with Crippen LogP contribution in [0, 0.1) is 0 Å². The molecule has 1 aromatic carbocycles. The monoisotopic (exact) mass is 416 g/mol. The summed E-state index contributed by atoms with van der Waals surface area (Å²) in [5.41, 5.74) is 1.89. The predicted molar refractivity (Wildman–Crippen MR) is 113 cm³/mol. The first-order chi connectivity index (χ1) is 15.4. The van der Waals surface area contributed by atoms with Crippen molar-refractivity contribution < 1.29 is 13.9 Å². The maximum absolute atomic E-state index is 5.60. The number of furan rings is 1. The minimum Gasteiger partial charge on any atom is -0.467 e. The van der Waals surface area contributed by atoms with E-state index in [4.69, 9.17) is 13.9 Å². The summed E-state index contributed by atoms with van der Waals surface area (Å²) < 4.78 is 16.2. The summed E-state index contributed by atoms with van der Waals surface area (Å²) in [4.78, 5) is 9.61. The van der Waals surface area contributed by atoms with Gasteiger partial charge in [-0.1, -0.05) is 30.3 Å². The van der Waals surface area contributed by atoms with Gasteiger partial charge in [0, 0.05) is 6.20 Å². The molecule has 156 valence electrons. The van der Waals surface area contributed by atoms with Gasteiger partial charge in [-0.15, -0.1) is 10.2 Å². The van der Waals surface area contributed by atoms with Crippen molar-refractivity contribution in [1.29, 1.82) is 0 Å². The van der Waals surface area contributed by atoms with E-state index < -0.39 is 0 Å². The third-order valence-corrected chi connectivity index (χ3v) is 4.71. The Labute approximate surface area is 178 Å². The molecule has 9 heteroatoms. The summed E-state index contributed by atoms with van der Waals surface area (Å²) in [6, 6.07) is 17.6. The number of anilines is 2. The number of aromatic amines is 1. The number of nitrogens with zero attached hydrogens (tertiary/aromatic N) is 4. The Morgan fingerprint density at radius 3 is 2.77 bits per heavy atom. The minimum absolute atomic E-state index is 0.172. The van der Waals surface area contributed by atoms with Crippen molar-refractivity contribution in [1.82, 2.24) is 20.2 Å². The second-order valence-electron chi connectivity index (χ2n) is 6.79. The average molecular weight is 416 g/mol. The van der Waals surface area contributed by atoms with E-state index in [0.717, 1.165) is 16.9 Å². The fourth-order valence-electron chi connectivity index (χ4n) is 3.22. The van der Waals surface area contributed by atoms with Crippen LogP contribution in [0.4, 0.5) is 11.8 Å². The highest BCUT2D eigenvalue weighted by atomic mass is 16.7. The fraction of sp³-hybridized carbons (Fsp3) is 0.136. The van der Waals surface area contributed by atoms with E-state index >= 15 is 0 Å². The molecule has 0 aliphatic carbocycles. The third kappa shape index (κ3) is 4.20. The number of hydrogen-bond donors (Lipinski definition) is 2. The van der Waals surface area contributed by atoms with Crippen LogP contribution in [0.2, 0.25) is 0 Å². The van der Waals surface area contributed by atoms with Crippen LogP contribution in [0.15, 0.2) is 83.6 Å². The molecule has 0 fully saturated rings. The van der Waals surface area contributed by atoms with Crippen molar-refractivity contribution in [2.24, 2.45) is 0 Å². The van der Waals surface area contributed by atoms with E-state index in [0.29, 0.717) is 36.6 Å². The standard InChI is InChI=1S/C22H20N6O3/c1-2-6-16(7-3-1)13-28(19-14-29-15-31-19)22-25-21(26-27-22)18-9-4-10-23-20(18)24-12-17-8-5-11-30-17/h1-11,14H,12-13,15H2,(H,23,24)(H,25,26,27). The normalized spacial score (nSPS) is 12.7. The van der Waals surface area contributed by atoms with Crippen LogP contribution in [0.3, 0.4) is 0 Å². The van der Waals surface area contributed by atoms with Crippen LogP contribution in [0.1, 0.15) is 11.3 Å². The molecule has 0 saturated carbocycles. The van der Waals surface area contributed by atoms with Gasteiger partial charge in [-0.05, 0) is 29.8 Å². The van der Waals surface area contributed by atoms with Crippen molar-refractivity contribution in [3.05, 3.63) is 90.5 Å². The quantitative estimate of drug-likeness (QED) is 0.446. The van der Waals surface area contributed by atoms with Crippen molar-refractivity contribution in [3.8, 4) is 11.4 Å². The Morgan fingerprint density at radius 1 is 1.03 bits per heavy atom. The maximum Gasteiger partial charge on any atom is 0.235 e. The molecular formula is C22H20N6O3. The van der Waals surface area contributed by atoms with Gasteiger partial charge in [-0.2, -0.15) is 0 Å². The van der Waals surface area contributed by atoms with Crippen LogP contribution < -0.4 is 10.2 Å². The summed E-state index contributed by atoms with van der Waals surface area (Å²) >= 11 is 0. The van der Waals surface area contributed by atoms with Gasteiger partial charge in [0.05, 0.1) is 24.9 Å². The van der Waals surface area contributed by atoms with E-state index in [1.807, 2.05) is 59.5 Å². The molecule has 0 atom stereocenters. The second-order valence-corrected chi connectivity index (χ2v) is 6.79. The van der Waals surface area contributed by atoms with Gasteiger partial charge in [0.15, 0.2) is 5.82 Å². The molecule has 5 rings (SSSR count). The van der Waals surface area contributed by atoms with Crippen LogP contribution in [0.5, 0.6) is 0 Å². The van der Waals surface area contributed by atoms with Crippen LogP contribution in [-0.2, 0) is 22.6 Å². The Balaban J connectivity index is 1.41. The highest BCUT2D eigenvalue weighted by Crippen LogP contribution is 2.27. The lowest BCUT2D eigenvalue weighted by Gasteiger charge is -2.20. The second kappa shape index (κ2) is 8.62. The molecule has 4 heterocycles. The number of ether oxygens (including phenoxy) is 2. The highest BCUT2D eigenvalue weighted by Gasteiger charge is 2.22. The molecule has 0 amide bonds. The Hall–Kier alpha value is -4.27. The fourth-order valence-corrected chi connectivity index (χ4v) is 3.22. The lowest BCUT2D eigenvalue weighted by atomic mass is 10.2. The number of H-pyrrole nitrogens is 1. The smallest absolute Gasteiger partial charge is 0.235 e. The number of rotatable bonds is 8. The lowest BCUT2D eigenvalue weighted by Crippen LogP contribution is -2.23. The highest BCUT2D eigenvalue weighted by molar-refractivity contribution is 5.70. The van der Waals surface area contributed by atoms with Crippen molar-refractivity contribution in [3.63, 3.8) is 0 Å². The van der Waals surface area contributed by atoms with Gasteiger partial charge >= 0.3 is 0 Å². The zero-order valence-corrected chi connectivity index (χ0v) is 16.6. The van der Waals surface area contributed by atoms with Gasteiger partial charge in [0.2, 0.25) is 18.6 Å². The Bertz CT molecular complexity index is 1160. The van der Waals surface area contributed by atoms with Crippen LogP contribution in [-0.4, -0.2) is 27.0 Å². The molecule has 4 aromatic rings. The van der Waals surface area contributed by atoms with E-state index in [9.17, 15) is 0 Å². The summed E-state index contributed by atoms with van der Waals surface area (Å²) in [5, 5.41) is 12.0. The first-order valence-corrected chi connectivity index (χ1v) is 9.77. The van der Waals surface area contributed by atoms with Crippen LogP contribution >= 0.6 is 0 Å². The third-order valence-electron chi connectivity index (χ3n) is 4.71. The topological polar surface area (TPSA) is 101 Å². The summed E-state index contributed by atoms with van der Waals surface area (Å²) in [6.45, 7) is 1.22. The maximum atomic E-state index is 5.60. The summed E-state index contributed by atoms with van der Waals surface area (Å²) in [5.74, 6) is 3.18. The molecule has 1 aliphatic rings. The number of pyridine rings is 1. The number of aromatic nitrogens is 4. The van der Waals surface area contributed by atoms with E-state index in [1.54, 1.807) is 18.7 Å². The van der Waals surface area contributed by atoms with Crippen molar-refractivity contribution in [2.75, 3.05) is 17.0 Å². The van der Waals surface area contributed by atoms with Gasteiger partial charge in [0.25, 0.3) is 0 Å². The Kier molecular flexibility index (Phi) is 5.21. The summed E-state index contributed by atoms with van der Waals surface area (Å²) in [7, 11) is 0. The molecule has 0 saturated heterocycles. The number of hydrogen-bond acceptors (Lipinski definition) is 8. The molecule has 0 bridgehead atoms. The summed E-state index contributed by atoms with van der Waals surface area (Å²) in [6.07, 6.45) is 4.94. The van der Waals surface area contributed by atoms with E-state index in [1.165, 1.54) is 0 Å². The zero-order chi connectivity index (χ0) is 20.9. The molecular weight excluding hydrogens is 396 g/mol. The lowest BCUT2D eigenvalue weighted by molar-refractivity contribution is 0.0780. The van der Waals surface area contributed by atoms with Gasteiger partial charge < -0.3 is 24.2 Å². The molecule has 3 aromatic heterocycles. The van der Waals surface area contributed by atoms with E-state index in [-0.39, 0.29) is 6.79 Å². The molecule has 0 radical (unpaired) electrons. The number of nitrogens with one attached hydrogen (secondary N) is 2. The van der Waals surface area contributed by atoms with E-state index in [2.05, 4.69) is 25.5 Å². The predicted octanol–water partition coefficient (Wildman–Crippen LogP) is 3.88. The Morgan fingerprint density at radius 2 is 1.97 bits per heavy atom. The average Bonchev–Trinajstić information content (AvgIpc) is 3.60. The zero-order valence-electron chi connectivity index (χ0n) is 16.6. The number of benzene rings is 1. The minimum atomic E-state index is 0.172. The first-order valence-electron chi connectivity index (χ1n) is 9.77. The first kappa shape index (κ1) is 18.7. The largest absolute Gasteiger partial charge is 0.467 e. The molecule has 0 unspecified atom stereocenters. The molecule has 0 spiro atoms. The van der Waals surface area contributed by atoms with Gasteiger partial charge in [-0.25, -0.2) is 4.98 Å². The van der Waals surface area contributed by atoms with Crippen molar-refractivity contribution in [2.45, 2.75) is 13.1 Å². The van der Waals surface area contributed by atoms with Gasteiger partial charge in [0.1, 0.15) is 17.8 Å².